The summed E-state index contributed by atoms with van der Waals surface area (Å²) in [6.45, 7) is 6.52. The molecule has 0 atom stereocenters. The molecule has 140 valence electrons. The van der Waals surface area contributed by atoms with Gasteiger partial charge in [-0.2, -0.15) is 16.8 Å². The monoisotopic (exact) mass is 396 g/mol. The van der Waals surface area contributed by atoms with Gasteiger partial charge in [0, 0.05) is 0 Å². The molecule has 2 aromatic carbocycles. The van der Waals surface area contributed by atoms with Crippen molar-refractivity contribution in [1.29, 1.82) is 0 Å². The summed E-state index contributed by atoms with van der Waals surface area (Å²) in [7, 11) is -7.90. The largest absolute Gasteiger partial charge is 0.297 e. The summed E-state index contributed by atoms with van der Waals surface area (Å²) in [4.78, 5) is 0.0354. The van der Waals surface area contributed by atoms with Gasteiger partial charge in [0.1, 0.15) is 0 Å². The second-order valence-electron chi connectivity index (χ2n) is 5.81. The van der Waals surface area contributed by atoms with E-state index >= 15 is 0 Å². The lowest BCUT2D eigenvalue weighted by atomic mass is 10.2. The molecule has 6 nitrogen and oxygen atoms in total. The van der Waals surface area contributed by atoms with Crippen molar-refractivity contribution < 1.29 is 25.2 Å². The SMILES string of the molecule is C=C(COS(=O)(=O)c1ccc(C)cc1)COS(=O)(=O)c1ccc(C)cc1. The molecule has 0 saturated heterocycles. The van der Waals surface area contributed by atoms with Gasteiger partial charge in [-0.05, 0) is 43.7 Å². The van der Waals surface area contributed by atoms with Crippen molar-refractivity contribution in [2.75, 3.05) is 13.2 Å². The van der Waals surface area contributed by atoms with Crippen molar-refractivity contribution in [2.24, 2.45) is 0 Å². The van der Waals surface area contributed by atoms with Crippen LogP contribution in [-0.2, 0) is 28.6 Å². The van der Waals surface area contributed by atoms with E-state index in [-0.39, 0.29) is 28.6 Å². The molecule has 0 heterocycles. The molecular weight excluding hydrogens is 376 g/mol. The van der Waals surface area contributed by atoms with Gasteiger partial charge in [-0.1, -0.05) is 42.0 Å². The molecule has 0 unspecified atom stereocenters. The molecular formula is C18H20O6S2. The van der Waals surface area contributed by atoms with Gasteiger partial charge < -0.3 is 0 Å². The molecule has 0 N–H and O–H groups in total. The zero-order chi connectivity index (χ0) is 19.4. The Bertz CT molecular complexity index is 891. The second-order valence-corrected chi connectivity index (χ2v) is 9.04. The summed E-state index contributed by atoms with van der Waals surface area (Å²) >= 11 is 0. The molecule has 0 aliphatic rings. The molecule has 0 fully saturated rings. The van der Waals surface area contributed by atoms with Crippen molar-refractivity contribution in [3.63, 3.8) is 0 Å². The summed E-state index contributed by atoms with van der Waals surface area (Å²) < 4.78 is 58.1. The first-order valence-corrected chi connectivity index (χ1v) is 10.5. The minimum absolute atomic E-state index is 0.0177. The summed E-state index contributed by atoms with van der Waals surface area (Å²) in [6, 6.07) is 12.4. The quantitative estimate of drug-likeness (QED) is 0.504. The lowest BCUT2D eigenvalue weighted by Crippen LogP contribution is -2.14. The van der Waals surface area contributed by atoms with Gasteiger partial charge in [-0.15, -0.1) is 0 Å². The molecule has 0 amide bonds. The van der Waals surface area contributed by atoms with Crippen molar-refractivity contribution in [1.82, 2.24) is 0 Å². The first-order chi connectivity index (χ1) is 12.1. The number of hydrogen-bond donors (Lipinski definition) is 0. The molecule has 0 aromatic heterocycles. The number of aryl methyl sites for hydroxylation is 2. The highest BCUT2D eigenvalue weighted by Crippen LogP contribution is 2.16. The maximum absolute atomic E-state index is 12.1. The lowest BCUT2D eigenvalue weighted by molar-refractivity contribution is 0.304. The molecule has 0 radical (unpaired) electrons. The van der Waals surface area contributed by atoms with Crippen LogP contribution in [0.2, 0.25) is 0 Å². The van der Waals surface area contributed by atoms with Crippen LogP contribution in [0.4, 0.5) is 0 Å². The van der Waals surface area contributed by atoms with Crippen LogP contribution >= 0.6 is 0 Å². The number of hydrogen-bond acceptors (Lipinski definition) is 6. The third-order valence-corrected chi connectivity index (χ3v) is 6.01. The van der Waals surface area contributed by atoms with Crippen LogP contribution in [0.25, 0.3) is 0 Å². The van der Waals surface area contributed by atoms with E-state index in [4.69, 9.17) is 8.37 Å². The van der Waals surface area contributed by atoms with Gasteiger partial charge in [0.2, 0.25) is 0 Å². The van der Waals surface area contributed by atoms with Crippen LogP contribution in [0.3, 0.4) is 0 Å². The lowest BCUT2D eigenvalue weighted by Gasteiger charge is -2.09. The fourth-order valence-corrected chi connectivity index (χ4v) is 3.76. The van der Waals surface area contributed by atoms with Gasteiger partial charge >= 0.3 is 0 Å². The van der Waals surface area contributed by atoms with Crippen LogP contribution in [-0.4, -0.2) is 30.0 Å². The highest BCUT2D eigenvalue weighted by molar-refractivity contribution is 7.87. The van der Waals surface area contributed by atoms with Crippen LogP contribution in [0.15, 0.2) is 70.5 Å². The van der Waals surface area contributed by atoms with Crippen molar-refractivity contribution in [2.45, 2.75) is 23.6 Å². The summed E-state index contributed by atoms with van der Waals surface area (Å²) in [5.74, 6) is 0. The van der Waals surface area contributed by atoms with E-state index in [1.54, 1.807) is 24.3 Å². The number of rotatable bonds is 8. The summed E-state index contributed by atoms with van der Waals surface area (Å²) in [6.07, 6.45) is 0. The van der Waals surface area contributed by atoms with Crippen molar-refractivity contribution in [3.05, 3.63) is 71.8 Å². The zero-order valence-electron chi connectivity index (χ0n) is 14.5. The van der Waals surface area contributed by atoms with Crippen LogP contribution in [0.1, 0.15) is 11.1 Å². The Morgan fingerprint density at radius 2 is 1.04 bits per heavy atom. The molecule has 8 heteroatoms. The zero-order valence-corrected chi connectivity index (χ0v) is 16.1. The van der Waals surface area contributed by atoms with E-state index in [0.29, 0.717) is 0 Å². The maximum atomic E-state index is 12.1. The Balaban J connectivity index is 1.92. The van der Waals surface area contributed by atoms with Gasteiger partial charge in [0.05, 0.1) is 23.0 Å². The first-order valence-electron chi connectivity index (χ1n) is 7.69. The summed E-state index contributed by atoms with van der Waals surface area (Å²) in [5.41, 5.74) is 2.02. The normalized spacial score (nSPS) is 12.1. The van der Waals surface area contributed by atoms with Gasteiger partial charge in [-0.3, -0.25) is 8.37 Å². The van der Waals surface area contributed by atoms with Crippen LogP contribution < -0.4 is 0 Å². The number of benzene rings is 2. The van der Waals surface area contributed by atoms with Gasteiger partial charge in [0.25, 0.3) is 20.2 Å². The minimum Gasteiger partial charge on any atom is -0.262 e. The van der Waals surface area contributed by atoms with E-state index in [1.807, 2.05) is 13.8 Å². The molecule has 2 aromatic rings. The first kappa shape index (κ1) is 20.3. The predicted octanol–water partition coefficient (Wildman–Crippen LogP) is 2.97. The molecule has 2 rings (SSSR count). The Kier molecular flexibility index (Phi) is 6.35. The molecule has 0 bridgehead atoms. The van der Waals surface area contributed by atoms with E-state index in [1.165, 1.54) is 24.3 Å². The third kappa shape index (κ3) is 5.50. The molecule has 0 spiro atoms. The average Bonchev–Trinajstić information content (AvgIpc) is 2.59. The van der Waals surface area contributed by atoms with E-state index in [2.05, 4.69) is 6.58 Å². The van der Waals surface area contributed by atoms with E-state index < -0.39 is 20.2 Å². The highest BCUT2D eigenvalue weighted by atomic mass is 32.2. The van der Waals surface area contributed by atoms with Crippen LogP contribution in [0, 0.1) is 13.8 Å². The standard InChI is InChI=1S/C18H20O6S2/c1-14-4-8-17(9-5-14)25(19,20)23-12-16(3)13-24-26(21,22)18-10-6-15(2)7-11-18/h4-11H,3,12-13H2,1-2H3. The van der Waals surface area contributed by atoms with Crippen LogP contribution in [0.5, 0.6) is 0 Å². The van der Waals surface area contributed by atoms with Gasteiger partial charge in [-0.25, -0.2) is 0 Å². The topological polar surface area (TPSA) is 86.7 Å². The highest BCUT2D eigenvalue weighted by Gasteiger charge is 2.18. The smallest absolute Gasteiger partial charge is 0.262 e. The van der Waals surface area contributed by atoms with E-state index in [0.717, 1.165) is 11.1 Å². The van der Waals surface area contributed by atoms with E-state index in [9.17, 15) is 16.8 Å². The Morgan fingerprint density at radius 1 is 0.731 bits per heavy atom. The second kappa shape index (κ2) is 8.13. The minimum atomic E-state index is -3.95. The van der Waals surface area contributed by atoms with Crippen molar-refractivity contribution in [3.8, 4) is 0 Å². The maximum Gasteiger partial charge on any atom is 0.297 e. The third-order valence-electron chi connectivity index (χ3n) is 3.46. The predicted molar refractivity (Wildman–Crippen MR) is 97.8 cm³/mol. The fourth-order valence-electron chi connectivity index (χ4n) is 1.91. The Hall–Kier alpha value is -2.00. The summed E-state index contributed by atoms with van der Waals surface area (Å²) in [5, 5.41) is 0. The fraction of sp³-hybridized carbons (Fsp3) is 0.222. The molecule has 26 heavy (non-hydrogen) atoms. The average molecular weight is 396 g/mol. The van der Waals surface area contributed by atoms with Crippen molar-refractivity contribution >= 4 is 20.2 Å². The Labute approximate surface area is 154 Å². The molecule has 0 saturated carbocycles. The Morgan fingerprint density at radius 3 is 1.35 bits per heavy atom. The van der Waals surface area contributed by atoms with Gasteiger partial charge in [0.15, 0.2) is 0 Å². The molecule has 0 aliphatic carbocycles. The molecule has 0 aliphatic heterocycles.